The summed E-state index contributed by atoms with van der Waals surface area (Å²) < 4.78 is 21.5. The van der Waals surface area contributed by atoms with Gasteiger partial charge in [0.25, 0.3) is 0 Å². The fourth-order valence-electron chi connectivity index (χ4n) is 2.13. The lowest BCUT2D eigenvalue weighted by molar-refractivity contribution is 0.319. The Bertz CT molecular complexity index is 555. The minimum Gasteiger partial charge on any atom is -0.493 e. The van der Waals surface area contributed by atoms with Crippen molar-refractivity contribution in [2.75, 3.05) is 21.3 Å². The van der Waals surface area contributed by atoms with Gasteiger partial charge in [-0.15, -0.1) is 0 Å². The van der Waals surface area contributed by atoms with E-state index in [0.717, 1.165) is 5.56 Å². The second-order valence-corrected chi connectivity index (χ2v) is 4.04. The van der Waals surface area contributed by atoms with Gasteiger partial charge in [-0.3, -0.25) is 5.84 Å². The van der Waals surface area contributed by atoms with Gasteiger partial charge in [0.2, 0.25) is 5.75 Å². The maximum Gasteiger partial charge on any atom is 0.203 e. The summed E-state index contributed by atoms with van der Waals surface area (Å²) in [5, 5.41) is 0. The molecule has 0 spiro atoms. The first-order valence-electron chi connectivity index (χ1n) is 6.05. The topological polar surface area (TPSA) is 78.9 Å². The summed E-state index contributed by atoms with van der Waals surface area (Å²) in [6.45, 7) is 0. The normalized spacial score (nSPS) is 12.0. The molecule has 0 saturated heterocycles. The van der Waals surface area contributed by atoms with Gasteiger partial charge in [-0.2, -0.15) is 0 Å². The smallest absolute Gasteiger partial charge is 0.203 e. The molecule has 1 atom stereocenters. The summed E-state index contributed by atoms with van der Waals surface area (Å²) in [6.07, 6.45) is 1.59. The van der Waals surface area contributed by atoms with Crippen molar-refractivity contribution in [3.63, 3.8) is 0 Å². The van der Waals surface area contributed by atoms with E-state index in [-0.39, 0.29) is 6.04 Å². The molecule has 108 valence electrons. The van der Waals surface area contributed by atoms with E-state index in [0.29, 0.717) is 23.0 Å². The lowest BCUT2D eigenvalue weighted by atomic mass is 10.0. The first-order chi connectivity index (χ1) is 9.76. The Kier molecular flexibility index (Phi) is 4.49. The molecule has 0 fully saturated rings. The van der Waals surface area contributed by atoms with Gasteiger partial charge in [0.15, 0.2) is 11.5 Å². The Morgan fingerprint density at radius 1 is 1.05 bits per heavy atom. The summed E-state index contributed by atoms with van der Waals surface area (Å²) >= 11 is 0. The molecule has 1 heterocycles. The van der Waals surface area contributed by atoms with E-state index in [9.17, 15) is 0 Å². The van der Waals surface area contributed by atoms with Crippen LogP contribution in [0.4, 0.5) is 0 Å². The molecule has 1 aromatic carbocycles. The molecule has 0 saturated carbocycles. The number of methoxy groups -OCH3 is 3. The van der Waals surface area contributed by atoms with Crippen LogP contribution in [0.3, 0.4) is 0 Å². The Morgan fingerprint density at radius 3 is 2.30 bits per heavy atom. The Morgan fingerprint density at radius 2 is 1.80 bits per heavy atom. The number of rotatable bonds is 6. The molecule has 20 heavy (non-hydrogen) atoms. The maximum atomic E-state index is 5.64. The van der Waals surface area contributed by atoms with E-state index in [1.807, 2.05) is 12.1 Å². The van der Waals surface area contributed by atoms with Crippen LogP contribution in [-0.4, -0.2) is 21.3 Å². The molecule has 0 aliphatic carbocycles. The summed E-state index contributed by atoms with van der Waals surface area (Å²) in [4.78, 5) is 0. The van der Waals surface area contributed by atoms with Crippen LogP contribution in [0.1, 0.15) is 17.4 Å². The van der Waals surface area contributed by atoms with Crippen molar-refractivity contribution in [3.05, 3.63) is 41.9 Å². The molecule has 0 aliphatic heterocycles. The first kappa shape index (κ1) is 14.2. The van der Waals surface area contributed by atoms with Gasteiger partial charge in [0, 0.05) is 5.56 Å². The predicted molar refractivity (Wildman–Crippen MR) is 74.0 cm³/mol. The first-order valence-corrected chi connectivity index (χ1v) is 6.05. The van der Waals surface area contributed by atoms with Crippen LogP contribution in [-0.2, 0) is 0 Å². The number of hydrogen-bond acceptors (Lipinski definition) is 6. The van der Waals surface area contributed by atoms with Gasteiger partial charge in [0.05, 0.1) is 27.6 Å². The monoisotopic (exact) mass is 278 g/mol. The second-order valence-electron chi connectivity index (χ2n) is 4.04. The molecule has 0 bridgehead atoms. The molecular weight excluding hydrogens is 260 g/mol. The minimum atomic E-state index is -0.347. The fourth-order valence-corrected chi connectivity index (χ4v) is 2.13. The molecule has 0 amide bonds. The highest BCUT2D eigenvalue weighted by Crippen LogP contribution is 2.43. The quantitative estimate of drug-likeness (QED) is 0.620. The van der Waals surface area contributed by atoms with Crippen LogP contribution in [0, 0.1) is 0 Å². The molecule has 0 aliphatic rings. The van der Waals surface area contributed by atoms with Gasteiger partial charge in [-0.05, 0) is 24.3 Å². The van der Waals surface area contributed by atoms with Crippen molar-refractivity contribution in [3.8, 4) is 17.2 Å². The van der Waals surface area contributed by atoms with Gasteiger partial charge in [-0.25, -0.2) is 5.43 Å². The van der Waals surface area contributed by atoms with Crippen LogP contribution in [0.25, 0.3) is 0 Å². The highest BCUT2D eigenvalue weighted by Gasteiger charge is 2.24. The largest absolute Gasteiger partial charge is 0.493 e. The van der Waals surface area contributed by atoms with E-state index in [1.54, 1.807) is 39.7 Å². The van der Waals surface area contributed by atoms with Crippen molar-refractivity contribution in [1.29, 1.82) is 0 Å². The number of furan rings is 1. The summed E-state index contributed by atoms with van der Waals surface area (Å²) in [7, 11) is 4.70. The predicted octanol–water partition coefficient (Wildman–Crippen LogP) is 1.86. The average molecular weight is 278 g/mol. The molecule has 0 radical (unpaired) electrons. The number of benzene rings is 1. The van der Waals surface area contributed by atoms with Gasteiger partial charge in [-0.1, -0.05) is 0 Å². The van der Waals surface area contributed by atoms with Gasteiger partial charge in [0.1, 0.15) is 11.8 Å². The zero-order valence-electron chi connectivity index (χ0n) is 11.7. The van der Waals surface area contributed by atoms with Crippen LogP contribution in [0.5, 0.6) is 17.2 Å². The minimum absolute atomic E-state index is 0.347. The van der Waals surface area contributed by atoms with E-state index >= 15 is 0 Å². The molecule has 6 heteroatoms. The molecule has 2 rings (SSSR count). The molecule has 6 nitrogen and oxygen atoms in total. The molecule has 1 unspecified atom stereocenters. The van der Waals surface area contributed by atoms with Gasteiger partial charge < -0.3 is 18.6 Å². The van der Waals surface area contributed by atoms with Crippen molar-refractivity contribution < 1.29 is 18.6 Å². The maximum absolute atomic E-state index is 5.64. The zero-order chi connectivity index (χ0) is 14.5. The molecule has 1 aromatic heterocycles. The summed E-state index contributed by atoms with van der Waals surface area (Å²) in [5.41, 5.74) is 3.51. The van der Waals surface area contributed by atoms with Crippen molar-refractivity contribution >= 4 is 0 Å². The highest BCUT2D eigenvalue weighted by atomic mass is 16.5. The number of nitrogens with one attached hydrogen (secondary N) is 1. The molecule has 2 aromatic rings. The third-order valence-electron chi connectivity index (χ3n) is 3.04. The lowest BCUT2D eigenvalue weighted by Gasteiger charge is -2.20. The number of hydrazine groups is 1. The average Bonchev–Trinajstić information content (AvgIpc) is 3.01. The van der Waals surface area contributed by atoms with Crippen LogP contribution in [0.15, 0.2) is 34.9 Å². The number of hydrogen-bond donors (Lipinski definition) is 2. The van der Waals surface area contributed by atoms with E-state index in [1.165, 1.54) is 0 Å². The van der Waals surface area contributed by atoms with E-state index < -0.39 is 0 Å². The van der Waals surface area contributed by atoms with Crippen LogP contribution >= 0.6 is 0 Å². The molecular formula is C14H18N2O4. The second kappa shape index (κ2) is 6.31. The fraction of sp³-hybridized carbons (Fsp3) is 0.286. The highest BCUT2D eigenvalue weighted by molar-refractivity contribution is 5.57. The Hall–Kier alpha value is -2.18. The third kappa shape index (κ3) is 2.43. The third-order valence-corrected chi connectivity index (χ3v) is 3.04. The van der Waals surface area contributed by atoms with Crippen molar-refractivity contribution in [2.45, 2.75) is 6.04 Å². The lowest BCUT2D eigenvalue weighted by Crippen LogP contribution is -2.29. The van der Waals surface area contributed by atoms with Crippen LogP contribution < -0.4 is 25.5 Å². The van der Waals surface area contributed by atoms with E-state index in [4.69, 9.17) is 24.5 Å². The summed E-state index contributed by atoms with van der Waals surface area (Å²) in [6, 6.07) is 6.94. The number of nitrogens with two attached hydrogens (primary N) is 1. The summed E-state index contributed by atoms with van der Waals surface area (Å²) in [5.74, 6) is 7.97. The number of ether oxygens (including phenoxy) is 3. The van der Waals surface area contributed by atoms with Gasteiger partial charge >= 0.3 is 0 Å². The SMILES string of the molecule is COc1ccc(C(NN)c2ccco2)c(OC)c1OC. The van der Waals surface area contributed by atoms with E-state index in [2.05, 4.69) is 5.43 Å². The zero-order valence-corrected chi connectivity index (χ0v) is 11.7. The van der Waals surface area contributed by atoms with Crippen molar-refractivity contribution in [2.24, 2.45) is 5.84 Å². The van der Waals surface area contributed by atoms with Crippen LogP contribution in [0.2, 0.25) is 0 Å². The Labute approximate surface area is 117 Å². The Balaban J connectivity index is 2.55. The standard InChI is InChI=1S/C14H18N2O4/c1-17-11-7-6-9(13(18-2)14(11)19-3)12(16-15)10-5-4-8-20-10/h4-8,12,16H,15H2,1-3H3. The molecule has 3 N–H and O–H groups in total. The van der Waals surface area contributed by atoms with Crippen molar-refractivity contribution in [1.82, 2.24) is 5.43 Å².